The highest BCUT2D eigenvalue weighted by Gasteiger charge is 2.19. The van der Waals surface area contributed by atoms with Gasteiger partial charge in [0.15, 0.2) is 5.82 Å². The molecule has 3 rings (SSSR count). The van der Waals surface area contributed by atoms with Crippen LogP contribution in [0, 0.1) is 6.92 Å². The Bertz CT molecular complexity index is 921. The lowest BCUT2D eigenvalue weighted by Gasteiger charge is -2.20. The lowest BCUT2D eigenvalue weighted by atomic mass is 10.2. The topological polar surface area (TPSA) is 88.3 Å². The Labute approximate surface area is 150 Å². The van der Waals surface area contributed by atoms with Crippen LogP contribution >= 0.6 is 0 Å². The average molecular weight is 350 g/mol. The maximum atomic E-state index is 12.8. The Kier molecular flexibility index (Phi) is 5.07. The molecular formula is C19H18N4O3. The number of anilines is 2. The zero-order valence-corrected chi connectivity index (χ0v) is 14.5. The molecule has 132 valence electrons. The maximum absolute atomic E-state index is 12.8. The van der Waals surface area contributed by atoms with Gasteiger partial charge >= 0.3 is 0 Å². The van der Waals surface area contributed by atoms with Crippen LogP contribution in [0.15, 0.2) is 59.3 Å². The average Bonchev–Trinajstić information content (AvgIpc) is 3.08. The molecule has 2 amide bonds. The summed E-state index contributed by atoms with van der Waals surface area (Å²) in [5.74, 6) is 0.243. The van der Waals surface area contributed by atoms with Crippen LogP contribution in [0.25, 0.3) is 0 Å². The van der Waals surface area contributed by atoms with Gasteiger partial charge in [-0.05, 0) is 38.1 Å². The van der Waals surface area contributed by atoms with Gasteiger partial charge in [0.25, 0.3) is 11.8 Å². The second kappa shape index (κ2) is 7.60. The van der Waals surface area contributed by atoms with Crippen LogP contribution in [-0.4, -0.2) is 28.5 Å². The molecule has 7 heteroatoms. The van der Waals surface area contributed by atoms with Crippen LogP contribution in [0.2, 0.25) is 0 Å². The van der Waals surface area contributed by atoms with Crippen molar-refractivity contribution in [3.63, 3.8) is 0 Å². The van der Waals surface area contributed by atoms with E-state index in [1.54, 1.807) is 17.9 Å². The fourth-order valence-corrected chi connectivity index (χ4v) is 2.49. The van der Waals surface area contributed by atoms with Crippen molar-refractivity contribution in [3.8, 4) is 0 Å². The minimum absolute atomic E-state index is 0.194. The normalized spacial score (nSPS) is 10.4. The molecule has 0 saturated carbocycles. The van der Waals surface area contributed by atoms with Gasteiger partial charge in [-0.3, -0.25) is 14.6 Å². The lowest BCUT2D eigenvalue weighted by Crippen LogP contribution is -2.31. The van der Waals surface area contributed by atoms with Gasteiger partial charge in [0.05, 0.1) is 0 Å². The molecule has 0 bridgehead atoms. The number of amides is 2. The van der Waals surface area contributed by atoms with E-state index in [0.717, 1.165) is 5.69 Å². The molecule has 26 heavy (non-hydrogen) atoms. The molecular weight excluding hydrogens is 332 g/mol. The predicted molar refractivity (Wildman–Crippen MR) is 97.2 cm³/mol. The summed E-state index contributed by atoms with van der Waals surface area (Å²) in [4.78, 5) is 30.9. The van der Waals surface area contributed by atoms with E-state index in [4.69, 9.17) is 4.52 Å². The third kappa shape index (κ3) is 3.77. The number of nitrogens with one attached hydrogen (secondary N) is 1. The summed E-state index contributed by atoms with van der Waals surface area (Å²) in [6.07, 6.45) is 1.44. The SMILES string of the molecule is CCN(C(=O)c1cc(C(=O)Nc2cc(C)on2)ccn1)c1ccccc1. The van der Waals surface area contributed by atoms with Gasteiger partial charge in [0, 0.05) is 30.1 Å². The van der Waals surface area contributed by atoms with Gasteiger partial charge in [-0.15, -0.1) is 0 Å². The second-order valence-corrected chi connectivity index (χ2v) is 5.59. The van der Waals surface area contributed by atoms with Crippen LogP contribution in [0.1, 0.15) is 33.5 Å². The highest BCUT2D eigenvalue weighted by molar-refractivity contribution is 6.08. The molecule has 1 N–H and O–H groups in total. The molecule has 0 aliphatic heterocycles. The number of carbonyl (C=O) groups is 2. The number of hydrogen-bond donors (Lipinski definition) is 1. The first-order chi connectivity index (χ1) is 12.6. The van der Waals surface area contributed by atoms with Gasteiger partial charge in [0.2, 0.25) is 0 Å². The maximum Gasteiger partial charge on any atom is 0.276 e. The van der Waals surface area contributed by atoms with Crippen molar-refractivity contribution in [2.75, 3.05) is 16.8 Å². The molecule has 0 radical (unpaired) electrons. The molecule has 0 fully saturated rings. The Hall–Kier alpha value is -3.48. The highest BCUT2D eigenvalue weighted by atomic mass is 16.5. The minimum atomic E-state index is -0.391. The molecule has 0 saturated heterocycles. The number of benzene rings is 1. The van der Waals surface area contributed by atoms with Crippen molar-refractivity contribution < 1.29 is 14.1 Å². The summed E-state index contributed by atoms with van der Waals surface area (Å²) in [5.41, 5.74) is 1.28. The lowest BCUT2D eigenvalue weighted by molar-refractivity contribution is 0.0983. The summed E-state index contributed by atoms with van der Waals surface area (Å²) in [6, 6.07) is 13.9. The number of hydrogen-bond acceptors (Lipinski definition) is 5. The van der Waals surface area contributed by atoms with Crippen molar-refractivity contribution >= 4 is 23.3 Å². The van der Waals surface area contributed by atoms with Crippen molar-refractivity contribution in [1.29, 1.82) is 0 Å². The van der Waals surface area contributed by atoms with E-state index in [1.165, 1.54) is 18.3 Å². The number of rotatable bonds is 5. The largest absolute Gasteiger partial charge is 0.360 e. The Morgan fingerprint density at radius 2 is 1.92 bits per heavy atom. The van der Waals surface area contributed by atoms with E-state index < -0.39 is 5.91 Å². The predicted octanol–water partition coefficient (Wildman–Crippen LogP) is 3.30. The van der Waals surface area contributed by atoms with Crippen LogP contribution in [0.4, 0.5) is 11.5 Å². The first-order valence-corrected chi connectivity index (χ1v) is 8.16. The Balaban J connectivity index is 1.81. The summed E-state index contributed by atoms with van der Waals surface area (Å²) < 4.78 is 4.92. The quantitative estimate of drug-likeness (QED) is 0.763. The monoisotopic (exact) mass is 350 g/mol. The summed E-state index contributed by atoms with van der Waals surface area (Å²) in [6.45, 7) is 4.10. The van der Waals surface area contributed by atoms with Crippen molar-refractivity contribution in [1.82, 2.24) is 10.1 Å². The molecule has 3 aromatic rings. The molecule has 0 atom stereocenters. The van der Waals surface area contributed by atoms with E-state index in [2.05, 4.69) is 15.5 Å². The first-order valence-electron chi connectivity index (χ1n) is 8.16. The summed E-state index contributed by atoms with van der Waals surface area (Å²) in [7, 11) is 0. The number of nitrogens with zero attached hydrogens (tertiary/aromatic N) is 3. The van der Waals surface area contributed by atoms with E-state index >= 15 is 0 Å². The van der Waals surface area contributed by atoms with Crippen LogP contribution in [0.5, 0.6) is 0 Å². The van der Waals surface area contributed by atoms with Gasteiger partial charge in [-0.1, -0.05) is 23.4 Å². The smallest absolute Gasteiger partial charge is 0.276 e. The van der Waals surface area contributed by atoms with E-state index in [1.807, 2.05) is 37.3 Å². The van der Waals surface area contributed by atoms with Gasteiger partial charge < -0.3 is 14.7 Å². The van der Waals surface area contributed by atoms with Gasteiger partial charge in [-0.2, -0.15) is 0 Å². The Morgan fingerprint density at radius 1 is 1.15 bits per heavy atom. The minimum Gasteiger partial charge on any atom is -0.360 e. The molecule has 7 nitrogen and oxygen atoms in total. The molecule has 0 aliphatic rings. The molecule has 2 aromatic heterocycles. The fourth-order valence-electron chi connectivity index (χ4n) is 2.49. The molecule has 0 aliphatic carbocycles. The fraction of sp³-hybridized carbons (Fsp3) is 0.158. The highest BCUT2D eigenvalue weighted by Crippen LogP contribution is 2.17. The summed E-state index contributed by atoms with van der Waals surface area (Å²) in [5, 5.41) is 6.35. The van der Waals surface area contributed by atoms with E-state index in [-0.39, 0.29) is 11.6 Å². The van der Waals surface area contributed by atoms with E-state index in [0.29, 0.717) is 23.7 Å². The van der Waals surface area contributed by atoms with Crippen molar-refractivity contribution in [2.45, 2.75) is 13.8 Å². The number of aromatic nitrogens is 2. The number of carbonyl (C=O) groups excluding carboxylic acids is 2. The third-order valence-electron chi connectivity index (χ3n) is 3.74. The molecule has 0 spiro atoms. The van der Waals surface area contributed by atoms with Crippen LogP contribution in [-0.2, 0) is 0 Å². The summed E-state index contributed by atoms with van der Waals surface area (Å²) >= 11 is 0. The Morgan fingerprint density at radius 3 is 2.58 bits per heavy atom. The first kappa shape index (κ1) is 17.3. The number of para-hydroxylation sites is 1. The molecule has 0 unspecified atom stereocenters. The van der Waals surface area contributed by atoms with Crippen molar-refractivity contribution in [3.05, 3.63) is 71.7 Å². The second-order valence-electron chi connectivity index (χ2n) is 5.59. The van der Waals surface area contributed by atoms with Gasteiger partial charge in [0.1, 0.15) is 11.5 Å². The standard InChI is InChI=1S/C19H18N4O3/c1-3-23(15-7-5-4-6-8-15)19(25)16-12-14(9-10-20-16)18(24)21-17-11-13(2)26-22-17/h4-12H,3H2,1-2H3,(H,21,22,24). The van der Waals surface area contributed by atoms with Crippen molar-refractivity contribution in [2.24, 2.45) is 0 Å². The van der Waals surface area contributed by atoms with Crippen LogP contribution in [0.3, 0.4) is 0 Å². The molecule has 2 heterocycles. The van der Waals surface area contributed by atoms with Gasteiger partial charge in [-0.25, -0.2) is 0 Å². The van der Waals surface area contributed by atoms with Crippen LogP contribution < -0.4 is 10.2 Å². The zero-order chi connectivity index (χ0) is 18.5. The zero-order valence-electron chi connectivity index (χ0n) is 14.5. The number of aryl methyl sites for hydroxylation is 1. The third-order valence-corrected chi connectivity index (χ3v) is 3.74. The molecule has 1 aromatic carbocycles. The number of pyridine rings is 1. The van der Waals surface area contributed by atoms with E-state index in [9.17, 15) is 9.59 Å².